The summed E-state index contributed by atoms with van der Waals surface area (Å²) in [6, 6.07) is 0. The van der Waals surface area contributed by atoms with Crippen molar-refractivity contribution in [2.75, 3.05) is 0 Å². The molecule has 0 aromatic rings. The van der Waals surface area contributed by atoms with Crippen LogP contribution in [-0.2, 0) is 0 Å². The third kappa shape index (κ3) is 8.34. The molecule has 0 aliphatic heterocycles. The van der Waals surface area contributed by atoms with Crippen molar-refractivity contribution < 1.29 is 0 Å². The Labute approximate surface area is 180 Å². The normalized spacial score (nSPS) is 15.9. The zero-order valence-corrected chi connectivity index (χ0v) is 21.3. The zero-order valence-electron chi connectivity index (χ0n) is 21.3. The van der Waals surface area contributed by atoms with E-state index < -0.39 is 0 Å². The van der Waals surface area contributed by atoms with Gasteiger partial charge in [-0.15, -0.1) is 0 Å². The number of rotatable bonds is 10. The molecule has 0 unspecified atom stereocenters. The molecule has 0 amide bonds. The maximum absolute atomic E-state index is 5.75. The molecule has 0 fully saturated rings. The number of allylic oxidation sites excluding steroid dienone is 6. The molecule has 0 heterocycles. The van der Waals surface area contributed by atoms with Crippen molar-refractivity contribution in [3.05, 3.63) is 34.4 Å². The van der Waals surface area contributed by atoms with Gasteiger partial charge in [-0.2, -0.15) is 0 Å². The van der Waals surface area contributed by atoms with E-state index in [0.29, 0.717) is 6.32 Å². The van der Waals surface area contributed by atoms with Gasteiger partial charge in [0.05, 0.1) is 7.85 Å². The van der Waals surface area contributed by atoms with Crippen LogP contribution in [0, 0.1) is 17.3 Å². The molecule has 2 radical (unpaired) electrons. The van der Waals surface area contributed by atoms with Gasteiger partial charge < -0.3 is 0 Å². The Bertz CT molecular complexity index is 476. The Morgan fingerprint density at radius 3 is 1.68 bits per heavy atom. The lowest BCUT2D eigenvalue weighted by Gasteiger charge is -2.35. The van der Waals surface area contributed by atoms with Crippen LogP contribution in [0.25, 0.3) is 0 Å². The molecule has 28 heavy (non-hydrogen) atoms. The summed E-state index contributed by atoms with van der Waals surface area (Å²) < 4.78 is 0. The van der Waals surface area contributed by atoms with Crippen molar-refractivity contribution in [2.24, 2.45) is 17.3 Å². The first-order valence-electron chi connectivity index (χ1n) is 12.1. The van der Waals surface area contributed by atoms with Crippen molar-refractivity contribution in [1.82, 2.24) is 0 Å². The van der Waals surface area contributed by atoms with Crippen molar-refractivity contribution in [3.8, 4) is 0 Å². The summed E-state index contributed by atoms with van der Waals surface area (Å²) >= 11 is 0. The summed E-state index contributed by atoms with van der Waals surface area (Å²) in [6.45, 7) is 24.5. The molecule has 162 valence electrons. The van der Waals surface area contributed by atoms with Gasteiger partial charge in [-0.1, -0.05) is 98.4 Å². The SMILES string of the molecule is CC.CC.[B]C/C=C\C1=C(C)C(CCC(C)C)(CCC(C)C)C(C)=C1CCC. The molecular formula is C27H51B. The van der Waals surface area contributed by atoms with Crippen LogP contribution in [0.1, 0.15) is 115 Å². The predicted molar refractivity (Wildman–Crippen MR) is 133 cm³/mol. The summed E-state index contributed by atoms with van der Waals surface area (Å²) in [6.07, 6.45) is 12.7. The molecular weight excluding hydrogens is 335 g/mol. The van der Waals surface area contributed by atoms with Crippen molar-refractivity contribution in [1.29, 1.82) is 0 Å². The van der Waals surface area contributed by atoms with Gasteiger partial charge in [-0.05, 0) is 68.9 Å². The van der Waals surface area contributed by atoms with Gasteiger partial charge in [0.2, 0.25) is 0 Å². The average molecular weight is 387 g/mol. The van der Waals surface area contributed by atoms with Crippen molar-refractivity contribution in [3.63, 3.8) is 0 Å². The first kappa shape index (κ1) is 29.5. The maximum atomic E-state index is 5.75. The first-order valence-corrected chi connectivity index (χ1v) is 12.1. The molecule has 1 heteroatoms. The molecule has 1 aliphatic carbocycles. The van der Waals surface area contributed by atoms with Crippen LogP contribution in [0.4, 0.5) is 0 Å². The molecule has 0 saturated carbocycles. The van der Waals surface area contributed by atoms with Crippen LogP contribution in [0.5, 0.6) is 0 Å². The van der Waals surface area contributed by atoms with E-state index in [-0.39, 0.29) is 5.41 Å². The third-order valence-electron chi connectivity index (χ3n) is 5.83. The number of hydrogen-bond donors (Lipinski definition) is 0. The van der Waals surface area contributed by atoms with E-state index in [0.717, 1.165) is 11.8 Å². The summed E-state index contributed by atoms with van der Waals surface area (Å²) in [5.41, 5.74) is 6.64. The molecule has 0 spiro atoms. The van der Waals surface area contributed by atoms with Crippen molar-refractivity contribution >= 4 is 7.85 Å². The zero-order chi connectivity index (χ0) is 22.3. The minimum Gasteiger partial charge on any atom is -0.0925 e. The van der Waals surface area contributed by atoms with Crippen LogP contribution in [0.3, 0.4) is 0 Å². The summed E-state index contributed by atoms with van der Waals surface area (Å²) in [5.74, 6) is 1.53. The summed E-state index contributed by atoms with van der Waals surface area (Å²) in [5, 5.41) is 0. The highest BCUT2D eigenvalue weighted by Gasteiger charge is 2.41. The van der Waals surface area contributed by atoms with Crippen LogP contribution in [0.2, 0.25) is 6.32 Å². The van der Waals surface area contributed by atoms with E-state index >= 15 is 0 Å². The molecule has 0 aromatic heterocycles. The van der Waals surface area contributed by atoms with Crippen LogP contribution >= 0.6 is 0 Å². The van der Waals surface area contributed by atoms with Gasteiger partial charge >= 0.3 is 0 Å². The molecule has 0 N–H and O–H groups in total. The molecule has 0 saturated heterocycles. The fourth-order valence-corrected chi connectivity index (χ4v) is 4.19. The Morgan fingerprint density at radius 2 is 1.32 bits per heavy atom. The Kier molecular flexibility index (Phi) is 17.0. The van der Waals surface area contributed by atoms with Crippen molar-refractivity contribution in [2.45, 2.75) is 121 Å². The molecule has 1 aliphatic rings. The summed E-state index contributed by atoms with van der Waals surface area (Å²) in [4.78, 5) is 0. The monoisotopic (exact) mass is 386 g/mol. The third-order valence-corrected chi connectivity index (χ3v) is 5.83. The maximum Gasteiger partial charge on any atom is 0.0708 e. The fraction of sp³-hybridized carbons (Fsp3) is 0.778. The Morgan fingerprint density at radius 1 is 0.857 bits per heavy atom. The van der Waals surface area contributed by atoms with E-state index in [4.69, 9.17) is 7.85 Å². The first-order chi connectivity index (χ1) is 13.3. The second-order valence-electron chi connectivity index (χ2n) is 8.48. The second-order valence-corrected chi connectivity index (χ2v) is 8.48. The van der Waals surface area contributed by atoms with Gasteiger partial charge in [-0.25, -0.2) is 0 Å². The molecule has 0 aromatic carbocycles. The van der Waals surface area contributed by atoms with E-state index in [1.54, 1.807) is 16.7 Å². The molecule has 0 nitrogen and oxygen atoms in total. The van der Waals surface area contributed by atoms with E-state index in [1.165, 1.54) is 44.1 Å². The molecule has 0 bridgehead atoms. The van der Waals surface area contributed by atoms with E-state index in [2.05, 4.69) is 60.6 Å². The van der Waals surface area contributed by atoms with Gasteiger partial charge in [0.15, 0.2) is 0 Å². The van der Waals surface area contributed by atoms with Gasteiger partial charge in [0.1, 0.15) is 0 Å². The Balaban J connectivity index is 0. The van der Waals surface area contributed by atoms with E-state index in [9.17, 15) is 0 Å². The topological polar surface area (TPSA) is 0 Å². The smallest absolute Gasteiger partial charge is 0.0708 e. The largest absolute Gasteiger partial charge is 0.0925 e. The highest BCUT2D eigenvalue weighted by Crippen LogP contribution is 2.54. The standard InChI is InChI=1S/C23H39B.2C2H6/c1-8-10-21-19(6)23(14-12-17(2)3,15-13-18(4)5)20(7)22(21)11-9-16-24;2*1-2/h9,11,17-18H,8,10,12-16H2,1-7H3;2*1-2H3/b11-9-;;. The van der Waals surface area contributed by atoms with Crippen LogP contribution in [-0.4, -0.2) is 7.85 Å². The van der Waals surface area contributed by atoms with Crippen LogP contribution in [0.15, 0.2) is 34.4 Å². The minimum atomic E-state index is 0.285. The lowest BCUT2D eigenvalue weighted by Crippen LogP contribution is -2.23. The molecule has 0 atom stereocenters. The van der Waals surface area contributed by atoms with Crippen LogP contribution < -0.4 is 0 Å². The summed E-state index contributed by atoms with van der Waals surface area (Å²) in [7, 11) is 5.75. The van der Waals surface area contributed by atoms with Gasteiger partial charge in [-0.3, -0.25) is 0 Å². The highest BCUT2D eigenvalue weighted by molar-refractivity contribution is 6.09. The van der Waals surface area contributed by atoms with E-state index in [1.807, 2.05) is 27.7 Å². The quantitative estimate of drug-likeness (QED) is 0.328. The Hall–Kier alpha value is -0.715. The lowest BCUT2D eigenvalue weighted by molar-refractivity contribution is 0.308. The number of hydrogen-bond acceptors (Lipinski definition) is 0. The highest BCUT2D eigenvalue weighted by atomic mass is 14.4. The predicted octanol–water partition coefficient (Wildman–Crippen LogP) is 9.49. The fourth-order valence-electron chi connectivity index (χ4n) is 4.19. The second kappa shape index (κ2) is 16.1. The average Bonchev–Trinajstić information content (AvgIpc) is 2.88. The van der Waals surface area contributed by atoms with Gasteiger partial charge in [0, 0.05) is 5.41 Å². The van der Waals surface area contributed by atoms with Gasteiger partial charge in [0.25, 0.3) is 0 Å². The molecule has 1 rings (SSSR count). The minimum absolute atomic E-state index is 0.285. The lowest BCUT2D eigenvalue weighted by atomic mass is 9.69.